The van der Waals surface area contributed by atoms with E-state index in [9.17, 15) is 4.79 Å². The molecule has 5 rings (SSSR count). The van der Waals surface area contributed by atoms with E-state index in [-0.39, 0.29) is 18.0 Å². The van der Waals surface area contributed by atoms with Gasteiger partial charge in [-0.3, -0.25) is 4.79 Å². The molecule has 0 bridgehead atoms. The van der Waals surface area contributed by atoms with E-state index in [0.717, 1.165) is 23.4 Å². The number of rotatable bonds is 5. The molecule has 0 radical (unpaired) electrons. The summed E-state index contributed by atoms with van der Waals surface area (Å²) in [6.07, 6.45) is 4.48. The molecule has 8 heteroatoms. The Hall–Kier alpha value is -3.10. The van der Waals surface area contributed by atoms with Crippen molar-refractivity contribution in [3.63, 3.8) is 0 Å². The third-order valence-electron chi connectivity index (χ3n) is 5.51. The Morgan fingerprint density at radius 1 is 1.27 bits per heavy atom. The molecule has 0 spiro atoms. The lowest BCUT2D eigenvalue weighted by atomic mass is 10.1. The Morgan fingerprint density at radius 2 is 2.10 bits per heavy atom. The van der Waals surface area contributed by atoms with Crippen LogP contribution < -0.4 is 10.2 Å². The van der Waals surface area contributed by atoms with Crippen molar-refractivity contribution in [2.45, 2.75) is 32.0 Å². The van der Waals surface area contributed by atoms with Crippen LogP contribution >= 0.6 is 11.3 Å². The zero-order chi connectivity index (χ0) is 20.7. The second-order valence-electron chi connectivity index (χ2n) is 7.37. The number of fused-ring (bicyclic) bond motifs is 1. The number of hydrogen-bond acceptors (Lipinski definition) is 7. The number of nitrogens with one attached hydrogen (secondary N) is 1. The molecule has 1 fully saturated rings. The first kappa shape index (κ1) is 18.9. The first-order valence-corrected chi connectivity index (χ1v) is 10.7. The lowest BCUT2D eigenvalue weighted by Gasteiger charge is -2.31. The summed E-state index contributed by atoms with van der Waals surface area (Å²) in [6, 6.07) is 11.7. The summed E-state index contributed by atoms with van der Waals surface area (Å²) in [6.45, 7) is 2.26. The van der Waals surface area contributed by atoms with Crippen LogP contribution in [0, 0.1) is 6.92 Å². The number of hydrazine groups is 1. The van der Waals surface area contributed by atoms with Gasteiger partial charge in [0.2, 0.25) is 5.89 Å². The van der Waals surface area contributed by atoms with Gasteiger partial charge in [-0.05, 0) is 42.6 Å². The highest BCUT2D eigenvalue weighted by molar-refractivity contribution is 7.10. The molecule has 30 heavy (non-hydrogen) atoms. The fourth-order valence-electron chi connectivity index (χ4n) is 3.84. The van der Waals surface area contributed by atoms with Crippen LogP contribution in [-0.2, 0) is 11.3 Å². The molecule has 0 saturated carbocycles. The van der Waals surface area contributed by atoms with E-state index in [1.165, 1.54) is 4.88 Å². The predicted molar refractivity (Wildman–Crippen MR) is 113 cm³/mol. The van der Waals surface area contributed by atoms with Gasteiger partial charge >= 0.3 is 0 Å². The summed E-state index contributed by atoms with van der Waals surface area (Å²) in [4.78, 5) is 20.7. The zero-order valence-electron chi connectivity index (χ0n) is 16.7. The van der Waals surface area contributed by atoms with Gasteiger partial charge in [0.05, 0.1) is 19.7 Å². The van der Waals surface area contributed by atoms with Crippen molar-refractivity contribution in [3.05, 3.63) is 70.5 Å². The third kappa shape index (κ3) is 3.38. The van der Waals surface area contributed by atoms with E-state index in [2.05, 4.69) is 21.9 Å². The van der Waals surface area contributed by atoms with E-state index >= 15 is 0 Å². The maximum absolute atomic E-state index is 13.1. The molecule has 2 aliphatic heterocycles. The van der Waals surface area contributed by atoms with E-state index in [0.29, 0.717) is 18.2 Å². The van der Waals surface area contributed by atoms with Crippen LogP contribution in [0.1, 0.15) is 28.8 Å². The maximum Gasteiger partial charge on any atom is 0.251 e. The quantitative estimate of drug-likeness (QED) is 0.673. The molecule has 3 aromatic rings. The largest absolute Gasteiger partial charge is 0.497 e. The Balaban J connectivity index is 1.31. The minimum atomic E-state index is -0.213. The number of ether oxygens (including phenoxy) is 1. The summed E-state index contributed by atoms with van der Waals surface area (Å²) < 4.78 is 11.1. The predicted octanol–water partition coefficient (Wildman–Crippen LogP) is 3.85. The summed E-state index contributed by atoms with van der Waals surface area (Å²) in [5.74, 6) is 2.10. The van der Waals surface area contributed by atoms with Crippen LogP contribution in [-0.4, -0.2) is 34.0 Å². The van der Waals surface area contributed by atoms with E-state index in [1.54, 1.807) is 23.3 Å². The van der Waals surface area contributed by atoms with Gasteiger partial charge in [-0.1, -0.05) is 6.07 Å². The molecule has 2 atom stereocenters. The second kappa shape index (κ2) is 7.62. The van der Waals surface area contributed by atoms with Gasteiger partial charge in [-0.15, -0.1) is 11.3 Å². The highest BCUT2D eigenvalue weighted by Crippen LogP contribution is 2.33. The minimum absolute atomic E-state index is 0.0671. The Kier molecular flexibility index (Phi) is 4.80. The van der Waals surface area contributed by atoms with Gasteiger partial charge in [0.1, 0.15) is 23.2 Å². The SMILES string of the molecule is COc1ccc(-c2nc(CN3C=CN4NC(c5cccs5)CC4C3=O)c(C)o2)cc1. The molecule has 1 amide bonds. The molecular weight excluding hydrogens is 400 g/mol. The fraction of sp³-hybridized carbons (Fsp3) is 0.273. The molecule has 7 nitrogen and oxygen atoms in total. The minimum Gasteiger partial charge on any atom is -0.497 e. The number of carbonyl (C=O) groups is 1. The number of oxazole rings is 1. The third-order valence-corrected chi connectivity index (χ3v) is 6.50. The molecule has 2 unspecified atom stereocenters. The van der Waals surface area contributed by atoms with Crippen molar-refractivity contribution in [3.8, 4) is 17.2 Å². The summed E-state index contributed by atoms with van der Waals surface area (Å²) in [5.41, 5.74) is 5.05. The summed E-state index contributed by atoms with van der Waals surface area (Å²) in [5, 5.41) is 3.98. The number of benzene rings is 1. The van der Waals surface area contributed by atoms with Crippen molar-refractivity contribution in [2.75, 3.05) is 7.11 Å². The standard InChI is InChI=1S/C22H22N4O3S/c1-14-18(23-21(29-14)15-5-7-16(28-2)8-6-15)13-25-9-10-26-19(22(25)27)12-17(24-26)20-4-3-11-30-20/h3-11,17,19,24H,12-13H2,1-2H3. The monoisotopic (exact) mass is 422 g/mol. The van der Waals surface area contributed by atoms with Crippen molar-refractivity contribution >= 4 is 17.2 Å². The molecule has 2 aromatic heterocycles. The number of methoxy groups -OCH3 is 1. The average molecular weight is 423 g/mol. The van der Waals surface area contributed by atoms with Crippen molar-refractivity contribution < 1.29 is 13.9 Å². The summed E-state index contributed by atoms with van der Waals surface area (Å²) in [7, 11) is 1.63. The topological polar surface area (TPSA) is 70.8 Å². The number of aryl methyl sites for hydroxylation is 1. The van der Waals surface area contributed by atoms with Gasteiger partial charge in [-0.25, -0.2) is 10.4 Å². The Bertz CT molecular complexity index is 1070. The highest BCUT2D eigenvalue weighted by atomic mass is 32.1. The van der Waals surface area contributed by atoms with Crippen LogP contribution in [0.4, 0.5) is 0 Å². The molecule has 1 aromatic carbocycles. The Labute approximate surface area is 178 Å². The van der Waals surface area contributed by atoms with Gasteiger partial charge in [-0.2, -0.15) is 0 Å². The van der Waals surface area contributed by atoms with E-state index in [1.807, 2.05) is 54.7 Å². The van der Waals surface area contributed by atoms with Gasteiger partial charge in [0.15, 0.2) is 0 Å². The second-order valence-corrected chi connectivity index (χ2v) is 8.35. The lowest BCUT2D eigenvalue weighted by molar-refractivity contribution is -0.135. The fourth-order valence-corrected chi connectivity index (χ4v) is 4.62. The van der Waals surface area contributed by atoms with Crippen LogP contribution in [0.25, 0.3) is 11.5 Å². The van der Waals surface area contributed by atoms with Crippen molar-refractivity contribution in [1.29, 1.82) is 0 Å². The van der Waals surface area contributed by atoms with Gasteiger partial charge in [0, 0.05) is 29.3 Å². The highest BCUT2D eigenvalue weighted by Gasteiger charge is 2.40. The van der Waals surface area contributed by atoms with Gasteiger partial charge in [0.25, 0.3) is 5.91 Å². The molecule has 154 valence electrons. The van der Waals surface area contributed by atoms with E-state index < -0.39 is 0 Å². The molecule has 0 aliphatic carbocycles. The Morgan fingerprint density at radius 3 is 2.83 bits per heavy atom. The van der Waals surface area contributed by atoms with Crippen molar-refractivity contribution in [1.82, 2.24) is 20.3 Å². The number of nitrogens with zero attached hydrogens (tertiary/aromatic N) is 3. The number of hydrogen-bond donors (Lipinski definition) is 1. The van der Waals surface area contributed by atoms with E-state index in [4.69, 9.17) is 9.15 Å². The number of aromatic nitrogens is 1. The number of carbonyl (C=O) groups excluding carboxylic acids is 1. The molecule has 4 heterocycles. The van der Waals surface area contributed by atoms with Crippen LogP contribution in [0.2, 0.25) is 0 Å². The van der Waals surface area contributed by atoms with Gasteiger partial charge < -0.3 is 19.1 Å². The van der Waals surface area contributed by atoms with Crippen LogP contribution in [0.3, 0.4) is 0 Å². The first-order valence-electron chi connectivity index (χ1n) is 9.80. The first-order chi connectivity index (χ1) is 14.6. The molecule has 2 aliphatic rings. The van der Waals surface area contributed by atoms with Crippen LogP contribution in [0.15, 0.2) is 58.6 Å². The lowest BCUT2D eigenvalue weighted by Crippen LogP contribution is -2.47. The normalized spacial score (nSPS) is 20.7. The number of amides is 1. The van der Waals surface area contributed by atoms with Crippen LogP contribution in [0.5, 0.6) is 5.75 Å². The summed E-state index contributed by atoms with van der Waals surface area (Å²) >= 11 is 1.71. The zero-order valence-corrected chi connectivity index (χ0v) is 17.6. The smallest absolute Gasteiger partial charge is 0.251 e. The average Bonchev–Trinajstić information content (AvgIpc) is 3.50. The molecule has 1 saturated heterocycles. The van der Waals surface area contributed by atoms with Crippen molar-refractivity contribution in [2.24, 2.45) is 0 Å². The molecule has 1 N–H and O–H groups in total. The maximum atomic E-state index is 13.1. The molecular formula is C22H22N4O3S. The number of thiophene rings is 1.